The van der Waals surface area contributed by atoms with Crippen LogP contribution in [0.25, 0.3) is 22.4 Å². The Kier molecular flexibility index (Phi) is 4.08. The second kappa shape index (κ2) is 6.68. The number of imidazole rings is 2. The molecule has 1 N–H and O–H groups in total. The van der Waals surface area contributed by atoms with Crippen LogP contribution in [0.2, 0.25) is 0 Å². The first-order valence-corrected chi connectivity index (χ1v) is 8.06. The third kappa shape index (κ3) is 3.06. The summed E-state index contributed by atoms with van der Waals surface area (Å²) >= 11 is 0. The number of benzene rings is 2. The lowest BCUT2D eigenvalue weighted by atomic mass is 10.1. The summed E-state index contributed by atoms with van der Waals surface area (Å²) < 4.78 is 13.5. The van der Waals surface area contributed by atoms with Gasteiger partial charge in [-0.05, 0) is 24.3 Å². The molecular weight excluding hydrogens is 316 g/mol. The maximum atomic E-state index is 6.05. The molecule has 4 rings (SSSR count). The van der Waals surface area contributed by atoms with Crippen molar-refractivity contribution in [2.75, 3.05) is 13.7 Å². The number of hydrogen-bond acceptors (Lipinski definition) is 4. The number of aromatic nitrogens is 4. The van der Waals surface area contributed by atoms with E-state index in [0.29, 0.717) is 24.7 Å². The number of methoxy groups -OCH3 is 1. The van der Waals surface area contributed by atoms with Gasteiger partial charge in [0, 0.05) is 12.4 Å². The molecule has 0 aliphatic carbocycles. The van der Waals surface area contributed by atoms with Crippen LogP contribution in [0.5, 0.6) is 11.5 Å². The lowest BCUT2D eigenvalue weighted by Crippen LogP contribution is -2.08. The summed E-state index contributed by atoms with van der Waals surface area (Å²) in [5.41, 5.74) is 2.79. The molecule has 2 heterocycles. The minimum absolute atomic E-state index is 0.504. The summed E-state index contributed by atoms with van der Waals surface area (Å²) in [7, 11) is 1.64. The van der Waals surface area contributed by atoms with Gasteiger partial charge in [0.2, 0.25) is 0 Å². The highest BCUT2D eigenvalue weighted by Crippen LogP contribution is 2.37. The van der Waals surface area contributed by atoms with Crippen LogP contribution in [0, 0.1) is 0 Å². The zero-order chi connectivity index (χ0) is 17.1. The predicted octanol–water partition coefficient (Wildman–Crippen LogP) is 3.51. The second-order valence-electron chi connectivity index (χ2n) is 5.59. The van der Waals surface area contributed by atoms with Crippen molar-refractivity contribution in [1.29, 1.82) is 0 Å². The number of ether oxygens (including phenoxy) is 2. The highest BCUT2D eigenvalue weighted by molar-refractivity contribution is 5.81. The molecular formula is C19H18N4O2. The summed E-state index contributed by atoms with van der Waals surface area (Å²) in [6.45, 7) is 1.21. The summed E-state index contributed by atoms with van der Waals surface area (Å²) in [6.07, 6.45) is 5.43. The summed E-state index contributed by atoms with van der Waals surface area (Å²) in [6, 6.07) is 13.7. The maximum absolute atomic E-state index is 6.05. The van der Waals surface area contributed by atoms with Crippen molar-refractivity contribution < 1.29 is 9.47 Å². The number of fused-ring (bicyclic) bond motifs is 1. The molecule has 0 aliphatic rings. The van der Waals surface area contributed by atoms with Crippen LogP contribution in [0.4, 0.5) is 0 Å². The standard InChI is InChI=1S/C19H18N4O2/c1-24-17-8-4-5-14(18(17)25-12-11-23-10-9-20-13-23)19-21-15-6-2-3-7-16(15)22-19/h2-10,13H,11-12H2,1H3,(H,21,22). The first kappa shape index (κ1) is 15.3. The minimum atomic E-state index is 0.504. The molecule has 126 valence electrons. The molecule has 6 nitrogen and oxygen atoms in total. The number of H-pyrrole nitrogens is 1. The number of nitrogens with zero attached hydrogens (tertiary/aromatic N) is 3. The smallest absolute Gasteiger partial charge is 0.172 e. The van der Waals surface area contributed by atoms with Crippen LogP contribution in [0.1, 0.15) is 0 Å². The largest absolute Gasteiger partial charge is 0.493 e. The fourth-order valence-corrected chi connectivity index (χ4v) is 2.76. The van der Waals surface area contributed by atoms with Crippen molar-refractivity contribution in [2.45, 2.75) is 6.54 Å². The van der Waals surface area contributed by atoms with Crippen LogP contribution in [0.15, 0.2) is 61.2 Å². The Morgan fingerprint density at radius 3 is 2.84 bits per heavy atom. The number of nitrogens with one attached hydrogen (secondary N) is 1. The molecule has 25 heavy (non-hydrogen) atoms. The first-order chi connectivity index (χ1) is 12.3. The molecule has 6 heteroatoms. The van der Waals surface area contributed by atoms with Gasteiger partial charge in [-0.3, -0.25) is 0 Å². The zero-order valence-electron chi connectivity index (χ0n) is 13.8. The van der Waals surface area contributed by atoms with Crippen LogP contribution in [-0.4, -0.2) is 33.2 Å². The Bertz CT molecular complexity index is 943. The Labute approximate surface area is 145 Å². The van der Waals surface area contributed by atoms with Gasteiger partial charge < -0.3 is 19.0 Å². The first-order valence-electron chi connectivity index (χ1n) is 8.06. The topological polar surface area (TPSA) is 65.0 Å². The highest BCUT2D eigenvalue weighted by atomic mass is 16.5. The molecule has 0 spiro atoms. The lowest BCUT2D eigenvalue weighted by molar-refractivity contribution is 0.281. The van der Waals surface area contributed by atoms with E-state index in [2.05, 4.69) is 15.0 Å². The third-order valence-corrected chi connectivity index (χ3v) is 4.00. The molecule has 0 atom stereocenters. The Morgan fingerprint density at radius 1 is 1.12 bits per heavy atom. The molecule has 0 radical (unpaired) electrons. The molecule has 0 fully saturated rings. The summed E-state index contributed by atoms with van der Waals surface area (Å²) in [5, 5.41) is 0. The van der Waals surface area contributed by atoms with Gasteiger partial charge in [-0.25, -0.2) is 9.97 Å². The van der Waals surface area contributed by atoms with Crippen LogP contribution in [-0.2, 0) is 6.54 Å². The molecule has 0 aliphatic heterocycles. The fourth-order valence-electron chi connectivity index (χ4n) is 2.76. The van der Waals surface area contributed by atoms with Gasteiger partial charge >= 0.3 is 0 Å². The number of aromatic amines is 1. The van der Waals surface area contributed by atoms with Crippen molar-refractivity contribution >= 4 is 11.0 Å². The van der Waals surface area contributed by atoms with E-state index in [1.807, 2.05) is 53.2 Å². The van der Waals surface area contributed by atoms with Crippen molar-refractivity contribution in [3.05, 3.63) is 61.2 Å². The quantitative estimate of drug-likeness (QED) is 0.586. The molecule has 0 bridgehead atoms. The fraction of sp³-hybridized carbons (Fsp3) is 0.158. The van der Waals surface area contributed by atoms with Gasteiger partial charge in [-0.2, -0.15) is 0 Å². The van der Waals surface area contributed by atoms with Crippen molar-refractivity contribution in [1.82, 2.24) is 19.5 Å². The van der Waals surface area contributed by atoms with Crippen molar-refractivity contribution in [3.8, 4) is 22.9 Å². The van der Waals surface area contributed by atoms with Gasteiger partial charge in [0.25, 0.3) is 0 Å². The van der Waals surface area contributed by atoms with E-state index < -0.39 is 0 Å². The average molecular weight is 334 g/mol. The van der Waals surface area contributed by atoms with E-state index in [0.717, 1.165) is 22.4 Å². The van der Waals surface area contributed by atoms with E-state index in [-0.39, 0.29) is 0 Å². The van der Waals surface area contributed by atoms with Gasteiger partial charge in [0.1, 0.15) is 12.4 Å². The Balaban J connectivity index is 1.66. The minimum Gasteiger partial charge on any atom is -0.493 e. The summed E-state index contributed by atoms with van der Waals surface area (Å²) in [5.74, 6) is 2.13. The Morgan fingerprint density at radius 2 is 2.04 bits per heavy atom. The number of para-hydroxylation sites is 3. The van der Waals surface area contributed by atoms with Gasteiger partial charge in [-0.1, -0.05) is 18.2 Å². The van der Waals surface area contributed by atoms with E-state index >= 15 is 0 Å². The molecule has 2 aromatic heterocycles. The van der Waals surface area contributed by atoms with E-state index in [1.54, 1.807) is 19.6 Å². The molecule has 0 unspecified atom stereocenters. The van der Waals surface area contributed by atoms with E-state index in [1.165, 1.54) is 0 Å². The maximum Gasteiger partial charge on any atom is 0.172 e. The van der Waals surface area contributed by atoms with E-state index in [4.69, 9.17) is 9.47 Å². The highest BCUT2D eigenvalue weighted by Gasteiger charge is 2.15. The Hall–Kier alpha value is -3.28. The SMILES string of the molecule is COc1cccc(-c2nc3ccccc3[nH]2)c1OCCn1ccnc1. The third-order valence-electron chi connectivity index (χ3n) is 4.00. The summed E-state index contributed by atoms with van der Waals surface area (Å²) in [4.78, 5) is 12.1. The van der Waals surface area contributed by atoms with Crippen LogP contribution < -0.4 is 9.47 Å². The molecule has 0 saturated carbocycles. The van der Waals surface area contributed by atoms with Gasteiger partial charge in [0.15, 0.2) is 11.5 Å². The van der Waals surface area contributed by atoms with Crippen molar-refractivity contribution in [3.63, 3.8) is 0 Å². The van der Waals surface area contributed by atoms with Crippen LogP contribution in [0.3, 0.4) is 0 Å². The zero-order valence-corrected chi connectivity index (χ0v) is 13.8. The van der Waals surface area contributed by atoms with Crippen LogP contribution >= 0.6 is 0 Å². The van der Waals surface area contributed by atoms with E-state index in [9.17, 15) is 0 Å². The normalized spacial score (nSPS) is 10.9. The van der Waals surface area contributed by atoms with Gasteiger partial charge in [-0.15, -0.1) is 0 Å². The second-order valence-corrected chi connectivity index (χ2v) is 5.59. The predicted molar refractivity (Wildman–Crippen MR) is 95.8 cm³/mol. The van der Waals surface area contributed by atoms with Crippen molar-refractivity contribution in [2.24, 2.45) is 0 Å². The average Bonchev–Trinajstić information content (AvgIpc) is 3.31. The monoisotopic (exact) mass is 334 g/mol. The molecule has 4 aromatic rings. The van der Waals surface area contributed by atoms with Gasteiger partial charge in [0.05, 0.1) is 36.6 Å². The molecule has 0 saturated heterocycles. The number of rotatable bonds is 6. The number of hydrogen-bond donors (Lipinski definition) is 1. The lowest BCUT2D eigenvalue weighted by Gasteiger charge is -2.14. The molecule has 2 aromatic carbocycles. The molecule has 0 amide bonds.